The number of nitrogens with two attached hydrogens (primary N) is 1. The number of fused-ring (bicyclic) bond motifs is 1. The molecule has 0 bridgehead atoms. The monoisotopic (exact) mass is 382 g/mol. The molecule has 1 aliphatic rings. The van der Waals surface area contributed by atoms with Crippen molar-refractivity contribution in [1.82, 2.24) is 4.90 Å². The third-order valence-electron chi connectivity index (χ3n) is 4.49. The van der Waals surface area contributed by atoms with Gasteiger partial charge in [0, 0.05) is 18.8 Å². The number of nitrogen functional groups attached to an aromatic ring is 1. The molecule has 0 radical (unpaired) electrons. The minimum atomic E-state index is -3.65. The maximum absolute atomic E-state index is 13.0. The van der Waals surface area contributed by atoms with Crippen LogP contribution in [0, 0.1) is 0 Å². The van der Waals surface area contributed by atoms with Crippen LogP contribution in [0.5, 0.6) is 5.75 Å². The molecule has 1 heterocycles. The Morgan fingerprint density at radius 3 is 2.16 bits per heavy atom. The van der Waals surface area contributed by atoms with Crippen molar-refractivity contribution in [3.63, 3.8) is 0 Å². The fourth-order valence-electron chi connectivity index (χ4n) is 2.99. The zero-order valence-corrected chi connectivity index (χ0v) is 16.0. The van der Waals surface area contributed by atoms with E-state index in [-0.39, 0.29) is 22.2 Å². The first kappa shape index (κ1) is 19.6. The first-order valence-electron chi connectivity index (χ1n) is 7.91. The summed E-state index contributed by atoms with van der Waals surface area (Å²) in [5.74, 6) is 0.398. The van der Waals surface area contributed by atoms with Gasteiger partial charge in [0.25, 0.3) is 0 Å². The van der Waals surface area contributed by atoms with E-state index in [0.717, 1.165) is 37.1 Å². The van der Waals surface area contributed by atoms with Gasteiger partial charge in [0.15, 0.2) is 0 Å². The van der Waals surface area contributed by atoms with Crippen LogP contribution in [-0.2, 0) is 22.7 Å². The number of rotatable bonds is 3. The van der Waals surface area contributed by atoms with Crippen LogP contribution in [0.25, 0.3) is 0 Å². The summed E-state index contributed by atoms with van der Waals surface area (Å²) in [6, 6.07) is 9.90. The van der Waals surface area contributed by atoms with E-state index in [9.17, 15) is 8.42 Å². The van der Waals surface area contributed by atoms with E-state index >= 15 is 0 Å². The number of nitrogens with zero attached hydrogens (tertiary/aromatic N) is 1. The number of halogens is 1. The smallest absolute Gasteiger partial charge is 0.210 e. The zero-order valence-electron chi connectivity index (χ0n) is 14.4. The third kappa shape index (κ3) is 3.92. The second kappa shape index (κ2) is 7.64. The standard InChI is InChI=1S/C18H22N2O3S.ClH/c1-20-9-7-13-11-17(23-2)18(12-14(13)8-10-20)24(21,22)16-5-3-15(19)4-6-16;/h3-6,11-12H,7-10,19H2,1-2H3;1H. The maximum Gasteiger partial charge on any atom is 0.210 e. The average Bonchev–Trinajstić information content (AvgIpc) is 2.75. The summed E-state index contributed by atoms with van der Waals surface area (Å²) in [5.41, 5.74) is 8.43. The first-order chi connectivity index (χ1) is 11.4. The summed E-state index contributed by atoms with van der Waals surface area (Å²) in [5, 5.41) is 0. The fraction of sp³-hybridized carbons (Fsp3) is 0.333. The first-order valence-corrected chi connectivity index (χ1v) is 9.39. The Hall–Kier alpha value is -1.76. The fourth-order valence-corrected chi connectivity index (χ4v) is 4.44. The molecule has 0 fully saturated rings. The lowest BCUT2D eigenvalue weighted by Crippen LogP contribution is -2.20. The molecule has 3 rings (SSSR count). The van der Waals surface area contributed by atoms with Crippen LogP contribution in [0.4, 0.5) is 5.69 Å². The molecule has 0 saturated carbocycles. The van der Waals surface area contributed by atoms with Crippen LogP contribution in [0.15, 0.2) is 46.2 Å². The highest BCUT2D eigenvalue weighted by molar-refractivity contribution is 7.91. The van der Waals surface area contributed by atoms with Crippen LogP contribution in [-0.4, -0.2) is 40.6 Å². The van der Waals surface area contributed by atoms with Gasteiger partial charge in [0.1, 0.15) is 10.6 Å². The Bertz CT molecular complexity index is 851. The Kier molecular flexibility index (Phi) is 5.98. The molecule has 2 N–H and O–H groups in total. The summed E-state index contributed by atoms with van der Waals surface area (Å²) in [7, 11) is -0.0666. The van der Waals surface area contributed by atoms with Gasteiger partial charge in [-0.05, 0) is 67.4 Å². The molecule has 0 spiro atoms. The number of hydrogen-bond acceptors (Lipinski definition) is 5. The van der Waals surface area contributed by atoms with Gasteiger partial charge >= 0.3 is 0 Å². The lowest BCUT2D eigenvalue weighted by Gasteiger charge is -2.14. The second-order valence-electron chi connectivity index (χ2n) is 6.15. The Labute approximate surface area is 155 Å². The molecule has 2 aromatic carbocycles. The molecule has 1 aliphatic heterocycles. The molecule has 25 heavy (non-hydrogen) atoms. The molecule has 0 aliphatic carbocycles. The van der Waals surface area contributed by atoms with Crippen molar-refractivity contribution in [2.75, 3.05) is 33.0 Å². The van der Waals surface area contributed by atoms with Crippen molar-refractivity contribution < 1.29 is 13.2 Å². The Balaban J connectivity index is 0.00000225. The maximum atomic E-state index is 13.0. The van der Waals surface area contributed by atoms with Gasteiger partial charge in [-0.1, -0.05) is 0 Å². The molecule has 0 unspecified atom stereocenters. The molecule has 0 saturated heterocycles. The lowest BCUT2D eigenvalue weighted by atomic mass is 10.0. The third-order valence-corrected chi connectivity index (χ3v) is 6.28. The van der Waals surface area contributed by atoms with Gasteiger partial charge in [-0.2, -0.15) is 0 Å². The number of sulfone groups is 1. The van der Waals surface area contributed by atoms with Crippen molar-refractivity contribution in [3.8, 4) is 5.75 Å². The number of benzene rings is 2. The minimum Gasteiger partial charge on any atom is -0.495 e. The molecule has 5 nitrogen and oxygen atoms in total. The average molecular weight is 383 g/mol. The molecule has 0 aromatic heterocycles. The molecular weight excluding hydrogens is 360 g/mol. The summed E-state index contributed by atoms with van der Waals surface area (Å²) >= 11 is 0. The van der Waals surface area contributed by atoms with Crippen LogP contribution in [0.2, 0.25) is 0 Å². The molecule has 0 atom stereocenters. The quantitative estimate of drug-likeness (QED) is 0.826. The van der Waals surface area contributed by atoms with Crippen LogP contribution in [0.1, 0.15) is 11.1 Å². The number of ether oxygens (including phenoxy) is 1. The highest BCUT2D eigenvalue weighted by atomic mass is 35.5. The van der Waals surface area contributed by atoms with Gasteiger partial charge in [0.05, 0.1) is 12.0 Å². The van der Waals surface area contributed by atoms with Crippen molar-refractivity contribution in [1.29, 1.82) is 0 Å². The van der Waals surface area contributed by atoms with E-state index in [1.54, 1.807) is 18.2 Å². The Morgan fingerprint density at radius 1 is 1.04 bits per heavy atom. The summed E-state index contributed by atoms with van der Waals surface area (Å²) < 4.78 is 31.5. The van der Waals surface area contributed by atoms with E-state index in [1.165, 1.54) is 19.2 Å². The number of anilines is 1. The molecule has 136 valence electrons. The molecule has 2 aromatic rings. The predicted molar refractivity (Wildman–Crippen MR) is 101 cm³/mol. The van der Waals surface area contributed by atoms with Gasteiger partial charge in [-0.25, -0.2) is 8.42 Å². The SMILES string of the molecule is COc1cc2c(cc1S(=O)(=O)c1ccc(N)cc1)CCN(C)CC2.Cl. The van der Waals surface area contributed by atoms with Crippen LogP contribution >= 0.6 is 12.4 Å². The number of likely N-dealkylation sites (N-methyl/N-ethyl adjacent to an activating group) is 1. The summed E-state index contributed by atoms with van der Waals surface area (Å²) in [6.07, 6.45) is 1.73. The summed E-state index contributed by atoms with van der Waals surface area (Å²) in [4.78, 5) is 2.69. The van der Waals surface area contributed by atoms with E-state index in [0.29, 0.717) is 11.4 Å². The molecule has 0 amide bonds. The molecule has 7 heteroatoms. The van der Waals surface area contributed by atoms with E-state index in [1.807, 2.05) is 6.07 Å². The van der Waals surface area contributed by atoms with E-state index in [2.05, 4.69) is 11.9 Å². The lowest BCUT2D eigenvalue weighted by molar-refractivity contribution is 0.352. The van der Waals surface area contributed by atoms with Crippen molar-refractivity contribution in [2.45, 2.75) is 22.6 Å². The van der Waals surface area contributed by atoms with E-state index in [4.69, 9.17) is 10.5 Å². The molecular formula is C18H23ClN2O3S. The highest BCUT2D eigenvalue weighted by Crippen LogP contribution is 2.33. The van der Waals surface area contributed by atoms with Gasteiger partial charge in [0.2, 0.25) is 9.84 Å². The largest absolute Gasteiger partial charge is 0.495 e. The van der Waals surface area contributed by atoms with Gasteiger partial charge in [-0.3, -0.25) is 0 Å². The number of hydrogen-bond donors (Lipinski definition) is 1. The van der Waals surface area contributed by atoms with Crippen LogP contribution < -0.4 is 10.5 Å². The van der Waals surface area contributed by atoms with Crippen molar-refractivity contribution in [2.24, 2.45) is 0 Å². The number of methoxy groups -OCH3 is 1. The van der Waals surface area contributed by atoms with Gasteiger partial charge in [-0.15, -0.1) is 12.4 Å². The zero-order chi connectivity index (χ0) is 17.3. The van der Waals surface area contributed by atoms with Gasteiger partial charge < -0.3 is 15.4 Å². The predicted octanol–water partition coefficient (Wildman–Crippen LogP) is 2.56. The van der Waals surface area contributed by atoms with Crippen molar-refractivity contribution >= 4 is 27.9 Å². The summed E-state index contributed by atoms with van der Waals surface area (Å²) in [6.45, 7) is 1.88. The minimum absolute atomic E-state index is 0. The highest BCUT2D eigenvalue weighted by Gasteiger charge is 2.25. The Morgan fingerprint density at radius 2 is 1.60 bits per heavy atom. The normalized spacial score (nSPS) is 15.0. The second-order valence-corrected chi connectivity index (χ2v) is 8.07. The van der Waals surface area contributed by atoms with Crippen molar-refractivity contribution in [3.05, 3.63) is 47.5 Å². The topological polar surface area (TPSA) is 72.6 Å². The van der Waals surface area contributed by atoms with Crippen LogP contribution in [0.3, 0.4) is 0 Å². The van der Waals surface area contributed by atoms with E-state index < -0.39 is 9.84 Å².